The van der Waals surface area contributed by atoms with E-state index in [-0.39, 0.29) is 10.6 Å². The Labute approximate surface area is 97.6 Å². The van der Waals surface area contributed by atoms with Gasteiger partial charge >= 0.3 is 0 Å². The van der Waals surface area contributed by atoms with Crippen LogP contribution in [0.15, 0.2) is 17.0 Å². The second-order valence-electron chi connectivity index (χ2n) is 3.29. The quantitative estimate of drug-likeness (QED) is 0.477. The Hall–Kier alpha value is -1.14. The predicted octanol–water partition coefficient (Wildman–Crippen LogP) is 2.39. The lowest BCUT2D eigenvalue weighted by Gasteiger charge is -2.05. The molecule has 0 N–H and O–H groups in total. The van der Waals surface area contributed by atoms with Crippen molar-refractivity contribution in [3.8, 4) is 0 Å². The lowest BCUT2D eigenvalue weighted by atomic mass is 10.1. The van der Waals surface area contributed by atoms with Crippen LogP contribution >= 0.6 is 10.7 Å². The first kappa shape index (κ1) is 12.9. The number of aryl methyl sites for hydroxylation is 2. The molecule has 0 saturated carbocycles. The summed E-state index contributed by atoms with van der Waals surface area (Å²) in [5.74, 6) is 0. The van der Waals surface area contributed by atoms with Crippen molar-refractivity contribution in [3.05, 3.63) is 33.4 Å². The number of benzene rings is 1. The molecule has 7 heteroatoms. The summed E-state index contributed by atoms with van der Waals surface area (Å²) >= 11 is 0. The molecule has 0 aliphatic heterocycles. The van der Waals surface area contributed by atoms with Gasteiger partial charge in [0.05, 0.1) is 9.82 Å². The van der Waals surface area contributed by atoms with Gasteiger partial charge in [0.25, 0.3) is 14.7 Å². The van der Waals surface area contributed by atoms with E-state index in [4.69, 9.17) is 10.7 Å². The highest BCUT2D eigenvalue weighted by molar-refractivity contribution is 8.13. The number of nitro benzene ring substituents is 1. The topological polar surface area (TPSA) is 77.3 Å². The molecule has 0 aromatic heterocycles. The summed E-state index contributed by atoms with van der Waals surface area (Å²) in [4.78, 5) is 9.92. The van der Waals surface area contributed by atoms with Crippen molar-refractivity contribution in [2.24, 2.45) is 0 Å². The first-order chi connectivity index (χ1) is 7.27. The van der Waals surface area contributed by atoms with Crippen molar-refractivity contribution in [2.45, 2.75) is 25.2 Å². The first-order valence-electron chi connectivity index (χ1n) is 4.50. The summed E-state index contributed by atoms with van der Waals surface area (Å²) in [6, 6.07) is 2.49. The number of nitro groups is 1. The van der Waals surface area contributed by atoms with Gasteiger partial charge in [-0.05, 0) is 25.0 Å². The summed E-state index contributed by atoms with van der Waals surface area (Å²) in [7, 11) is 1.24. The predicted molar refractivity (Wildman–Crippen MR) is 60.3 cm³/mol. The van der Waals surface area contributed by atoms with Crippen LogP contribution in [0.2, 0.25) is 0 Å². The minimum absolute atomic E-state index is 0.210. The molecule has 0 bridgehead atoms. The van der Waals surface area contributed by atoms with Crippen LogP contribution in [0.25, 0.3) is 0 Å². The van der Waals surface area contributed by atoms with Crippen LogP contribution in [0, 0.1) is 17.0 Å². The Morgan fingerprint density at radius 3 is 2.38 bits per heavy atom. The second-order valence-corrected chi connectivity index (χ2v) is 5.83. The SMILES string of the molecule is CCc1cc(C)c(S(=O)(=O)Cl)cc1[N+](=O)[O-]. The minimum Gasteiger partial charge on any atom is -0.258 e. The van der Waals surface area contributed by atoms with Crippen LogP contribution in [-0.2, 0) is 15.5 Å². The van der Waals surface area contributed by atoms with Crippen LogP contribution in [-0.4, -0.2) is 13.3 Å². The van der Waals surface area contributed by atoms with Gasteiger partial charge in [-0.1, -0.05) is 6.92 Å². The zero-order chi connectivity index (χ0) is 12.5. The molecule has 0 unspecified atom stereocenters. The van der Waals surface area contributed by atoms with E-state index in [1.54, 1.807) is 13.8 Å². The van der Waals surface area contributed by atoms with Gasteiger partial charge < -0.3 is 0 Å². The fraction of sp³-hybridized carbons (Fsp3) is 0.333. The highest BCUT2D eigenvalue weighted by Crippen LogP contribution is 2.28. The van der Waals surface area contributed by atoms with E-state index in [9.17, 15) is 18.5 Å². The maximum absolute atomic E-state index is 11.2. The summed E-state index contributed by atoms with van der Waals surface area (Å²) in [6.45, 7) is 3.31. The van der Waals surface area contributed by atoms with Crippen LogP contribution in [0.4, 0.5) is 5.69 Å². The summed E-state index contributed by atoms with van der Waals surface area (Å²) in [5.41, 5.74) is 0.691. The Morgan fingerprint density at radius 1 is 1.44 bits per heavy atom. The molecule has 0 aliphatic rings. The highest BCUT2D eigenvalue weighted by Gasteiger charge is 2.21. The number of nitrogens with zero attached hydrogens (tertiary/aromatic N) is 1. The maximum Gasteiger partial charge on any atom is 0.273 e. The average Bonchev–Trinajstić information content (AvgIpc) is 2.14. The highest BCUT2D eigenvalue weighted by atomic mass is 35.7. The lowest BCUT2D eigenvalue weighted by Crippen LogP contribution is -2.01. The van der Waals surface area contributed by atoms with E-state index in [0.717, 1.165) is 6.07 Å². The van der Waals surface area contributed by atoms with Gasteiger partial charge in [-0.3, -0.25) is 10.1 Å². The van der Waals surface area contributed by atoms with Gasteiger partial charge in [0.1, 0.15) is 0 Å². The largest absolute Gasteiger partial charge is 0.273 e. The van der Waals surface area contributed by atoms with Gasteiger partial charge in [0.15, 0.2) is 0 Å². The standard InChI is InChI=1S/C9H10ClNO4S/c1-3-7-4-6(2)9(16(10,14)15)5-8(7)11(12)13/h4-5H,3H2,1-2H3. The molecule has 0 atom stereocenters. The van der Waals surface area contributed by atoms with Gasteiger partial charge in [0.2, 0.25) is 0 Å². The normalized spacial score (nSPS) is 11.4. The molecule has 0 aliphatic carbocycles. The van der Waals surface area contributed by atoms with Crippen molar-refractivity contribution >= 4 is 25.4 Å². The summed E-state index contributed by atoms with van der Waals surface area (Å²) in [5, 5.41) is 10.7. The monoisotopic (exact) mass is 263 g/mol. The van der Waals surface area contributed by atoms with Crippen molar-refractivity contribution in [1.29, 1.82) is 0 Å². The molecule has 5 nitrogen and oxygen atoms in total. The van der Waals surface area contributed by atoms with E-state index < -0.39 is 14.0 Å². The third-order valence-electron chi connectivity index (χ3n) is 2.22. The zero-order valence-corrected chi connectivity index (χ0v) is 10.3. The van der Waals surface area contributed by atoms with E-state index >= 15 is 0 Å². The van der Waals surface area contributed by atoms with Gasteiger partial charge in [-0.25, -0.2) is 8.42 Å². The maximum atomic E-state index is 11.2. The second kappa shape index (κ2) is 4.39. The van der Waals surface area contributed by atoms with Crippen molar-refractivity contribution < 1.29 is 13.3 Å². The molecule has 0 spiro atoms. The van der Waals surface area contributed by atoms with Crippen molar-refractivity contribution in [2.75, 3.05) is 0 Å². The molecule has 1 rings (SSSR count). The van der Waals surface area contributed by atoms with Crippen LogP contribution in [0.3, 0.4) is 0 Å². The summed E-state index contributed by atoms with van der Waals surface area (Å²) < 4.78 is 22.3. The summed E-state index contributed by atoms with van der Waals surface area (Å²) in [6.07, 6.45) is 0.458. The molecule has 0 radical (unpaired) electrons. The molecule has 0 fully saturated rings. The first-order valence-corrected chi connectivity index (χ1v) is 6.81. The lowest BCUT2D eigenvalue weighted by molar-refractivity contribution is -0.385. The molecule has 88 valence electrons. The fourth-order valence-corrected chi connectivity index (χ4v) is 2.65. The van der Waals surface area contributed by atoms with E-state index in [1.807, 2.05) is 0 Å². The zero-order valence-electron chi connectivity index (χ0n) is 8.73. The number of rotatable bonds is 3. The van der Waals surface area contributed by atoms with Crippen LogP contribution in [0.5, 0.6) is 0 Å². The Morgan fingerprint density at radius 2 is 2.00 bits per heavy atom. The third kappa shape index (κ3) is 2.51. The number of hydrogen-bond acceptors (Lipinski definition) is 4. The molecular weight excluding hydrogens is 254 g/mol. The average molecular weight is 264 g/mol. The Balaban J connectivity index is 3.58. The fourth-order valence-electron chi connectivity index (χ4n) is 1.45. The molecular formula is C9H10ClNO4S. The molecule has 0 heterocycles. The van der Waals surface area contributed by atoms with Crippen LogP contribution < -0.4 is 0 Å². The Bertz CT molecular complexity index is 539. The Kier molecular flexibility index (Phi) is 3.54. The van der Waals surface area contributed by atoms with Crippen molar-refractivity contribution in [3.63, 3.8) is 0 Å². The van der Waals surface area contributed by atoms with Crippen LogP contribution in [0.1, 0.15) is 18.1 Å². The van der Waals surface area contributed by atoms with Gasteiger partial charge in [-0.2, -0.15) is 0 Å². The third-order valence-corrected chi connectivity index (χ3v) is 3.68. The van der Waals surface area contributed by atoms with E-state index in [2.05, 4.69) is 0 Å². The van der Waals surface area contributed by atoms with Gasteiger partial charge in [0, 0.05) is 22.3 Å². The van der Waals surface area contributed by atoms with E-state index in [1.165, 1.54) is 6.07 Å². The van der Waals surface area contributed by atoms with Gasteiger partial charge in [-0.15, -0.1) is 0 Å². The molecule has 16 heavy (non-hydrogen) atoms. The smallest absolute Gasteiger partial charge is 0.258 e. The van der Waals surface area contributed by atoms with E-state index in [0.29, 0.717) is 17.5 Å². The molecule has 1 aromatic carbocycles. The minimum atomic E-state index is -3.95. The molecule has 0 amide bonds. The number of hydrogen-bond donors (Lipinski definition) is 0. The molecule has 0 saturated heterocycles. The van der Waals surface area contributed by atoms with Crippen molar-refractivity contribution in [1.82, 2.24) is 0 Å². The number of halogens is 1. The molecule has 1 aromatic rings.